The molecule has 0 bridgehead atoms. The molecular weight excluding hydrogens is 657 g/mol. The van der Waals surface area contributed by atoms with Gasteiger partial charge in [-0.2, -0.15) is 0 Å². The molecule has 3 amide bonds. The van der Waals surface area contributed by atoms with Crippen LogP contribution < -0.4 is 21.3 Å². The van der Waals surface area contributed by atoms with Gasteiger partial charge in [0.1, 0.15) is 22.1 Å². The monoisotopic (exact) mass is 691 g/mol. The maximum Gasteiger partial charge on any atom is 0.331 e. The Bertz CT molecular complexity index is 1900. The molecular formula is C31H35Cl2N5O7S. The molecule has 2 aliphatic heterocycles. The number of sulfone groups is 1. The van der Waals surface area contributed by atoms with E-state index in [4.69, 9.17) is 27.9 Å². The van der Waals surface area contributed by atoms with E-state index in [1.165, 1.54) is 13.1 Å². The molecule has 0 aliphatic carbocycles. The lowest BCUT2D eigenvalue weighted by Crippen LogP contribution is -2.51. The highest BCUT2D eigenvalue weighted by molar-refractivity contribution is 7.90. The Labute approximate surface area is 276 Å². The summed E-state index contributed by atoms with van der Waals surface area (Å²) in [6, 6.07) is 8.95. The fourth-order valence-corrected chi connectivity index (χ4v) is 7.54. The minimum Gasteiger partial charge on any atom is -0.497 e. The number of fused-ring (bicyclic) bond motifs is 1. The van der Waals surface area contributed by atoms with Crippen molar-refractivity contribution in [3.63, 3.8) is 0 Å². The maximum atomic E-state index is 13.6. The number of hydrogen-bond donors (Lipinski definition) is 1. The first kappa shape index (κ1) is 33.6. The van der Waals surface area contributed by atoms with Crippen LogP contribution in [0.15, 0.2) is 52.2 Å². The van der Waals surface area contributed by atoms with Crippen molar-refractivity contribution >= 4 is 50.7 Å². The number of methoxy groups -OCH3 is 1. The topological polar surface area (TPSA) is 140 Å². The Hall–Kier alpha value is -3.81. The summed E-state index contributed by atoms with van der Waals surface area (Å²) in [5.74, 6) is -0.0983. The van der Waals surface area contributed by atoms with Crippen molar-refractivity contribution in [1.29, 1.82) is 0 Å². The lowest BCUT2D eigenvalue weighted by atomic mass is 10.0. The summed E-state index contributed by atoms with van der Waals surface area (Å²) in [4.78, 5) is 57.2. The Kier molecular flexibility index (Phi) is 9.85. The molecule has 1 saturated heterocycles. The van der Waals surface area contributed by atoms with Gasteiger partial charge in [0.2, 0.25) is 5.91 Å². The number of hydrogen-bond acceptors (Lipinski definition) is 7. The van der Waals surface area contributed by atoms with Crippen LogP contribution in [0.4, 0.5) is 10.5 Å². The summed E-state index contributed by atoms with van der Waals surface area (Å²) < 4.78 is 31.4. The number of carbonyl (C=O) groups is 2. The van der Waals surface area contributed by atoms with E-state index in [0.29, 0.717) is 38.9 Å². The average Bonchev–Trinajstić information content (AvgIpc) is 3.16. The third-order valence-corrected chi connectivity index (χ3v) is 10.3. The highest BCUT2D eigenvalue weighted by atomic mass is 35.5. The SMILES string of the molecule is COc1ccc2c(c1)CCN(C1CCN(C(=O)Cn3cc(-c4cccc(Cl)c4Cl)c(=O)n([C@@H](C)CS(C)(=O)=O)c3=O)CC1)C(=O)N2. The van der Waals surface area contributed by atoms with Crippen LogP contribution in [0.2, 0.25) is 10.0 Å². The molecule has 1 N–H and O–H groups in total. The molecule has 5 rings (SSSR count). The zero-order chi connectivity index (χ0) is 33.3. The Balaban J connectivity index is 1.35. The summed E-state index contributed by atoms with van der Waals surface area (Å²) in [5.41, 5.74) is 0.424. The summed E-state index contributed by atoms with van der Waals surface area (Å²) in [6.07, 6.45) is 4.03. The van der Waals surface area contributed by atoms with E-state index >= 15 is 0 Å². The smallest absolute Gasteiger partial charge is 0.331 e. The van der Waals surface area contributed by atoms with Gasteiger partial charge in [0.05, 0.1) is 34.5 Å². The Morgan fingerprint density at radius 1 is 1.07 bits per heavy atom. The van der Waals surface area contributed by atoms with Crippen LogP contribution in [0, 0.1) is 0 Å². The quantitative estimate of drug-likeness (QED) is 0.380. The average molecular weight is 693 g/mol. The maximum absolute atomic E-state index is 13.6. The molecule has 1 aromatic heterocycles. The van der Waals surface area contributed by atoms with Gasteiger partial charge in [-0.1, -0.05) is 35.3 Å². The fourth-order valence-electron chi connectivity index (χ4n) is 6.11. The predicted octanol–water partition coefficient (Wildman–Crippen LogP) is 3.68. The van der Waals surface area contributed by atoms with Gasteiger partial charge in [-0.25, -0.2) is 18.0 Å². The highest BCUT2D eigenvalue weighted by Crippen LogP contribution is 2.32. The van der Waals surface area contributed by atoms with Crippen molar-refractivity contribution in [3.05, 3.63) is 79.0 Å². The summed E-state index contributed by atoms with van der Waals surface area (Å²) >= 11 is 12.6. The summed E-state index contributed by atoms with van der Waals surface area (Å²) in [7, 11) is -1.96. The van der Waals surface area contributed by atoms with Crippen LogP contribution in [0.1, 0.15) is 31.4 Å². The predicted molar refractivity (Wildman–Crippen MR) is 177 cm³/mol. The molecule has 1 atom stereocenters. The van der Waals surface area contributed by atoms with Crippen molar-refractivity contribution in [1.82, 2.24) is 18.9 Å². The van der Waals surface area contributed by atoms with E-state index in [2.05, 4.69) is 5.32 Å². The molecule has 2 aromatic carbocycles. The van der Waals surface area contributed by atoms with Crippen LogP contribution in [0.3, 0.4) is 0 Å². The van der Waals surface area contributed by atoms with Crippen LogP contribution in [-0.4, -0.2) is 84.1 Å². The number of ether oxygens (including phenoxy) is 1. The number of amides is 3. The van der Waals surface area contributed by atoms with Gasteiger partial charge >= 0.3 is 11.7 Å². The number of benzene rings is 2. The lowest BCUT2D eigenvalue weighted by molar-refractivity contribution is -0.133. The van der Waals surface area contributed by atoms with Crippen molar-refractivity contribution in [2.24, 2.45) is 0 Å². The van der Waals surface area contributed by atoms with Crippen molar-refractivity contribution in [3.8, 4) is 16.9 Å². The van der Waals surface area contributed by atoms with Crippen molar-refractivity contribution in [2.45, 2.75) is 44.8 Å². The molecule has 12 nitrogen and oxygen atoms in total. The molecule has 3 aromatic rings. The van der Waals surface area contributed by atoms with E-state index in [1.807, 2.05) is 12.1 Å². The second-order valence-corrected chi connectivity index (χ2v) is 14.6. The molecule has 1 fully saturated rings. The second kappa shape index (κ2) is 13.5. The minimum absolute atomic E-state index is 0.00440. The summed E-state index contributed by atoms with van der Waals surface area (Å²) in [6.45, 7) is 2.31. The Morgan fingerprint density at radius 2 is 1.78 bits per heavy atom. The number of rotatable bonds is 8. The molecule has 46 heavy (non-hydrogen) atoms. The number of nitrogens with zero attached hydrogens (tertiary/aromatic N) is 4. The number of piperidine rings is 1. The normalized spacial score (nSPS) is 16.4. The molecule has 0 spiro atoms. The van der Waals surface area contributed by atoms with Crippen molar-refractivity contribution < 1.29 is 22.7 Å². The van der Waals surface area contributed by atoms with E-state index in [9.17, 15) is 27.6 Å². The second-order valence-electron chi connectivity index (χ2n) is 11.7. The van der Waals surface area contributed by atoms with E-state index in [-0.39, 0.29) is 45.7 Å². The van der Waals surface area contributed by atoms with Gasteiger partial charge in [-0.3, -0.25) is 18.7 Å². The highest BCUT2D eigenvalue weighted by Gasteiger charge is 2.32. The van der Waals surface area contributed by atoms with E-state index in [0.717, 1.165) is 32.4 Å². The minimum atomic E-state index is -3.56. The molecule has 15 heteroatoms. The number of nitrogens with one attached hydrogen (secondary N) is 1. The molecule has 2 aliphatic rings. The first-order valence-corrected chi connectivity index (χ1v) is 17.6. The van der Waals surface area contributed by atoms with Gasteiger partial charge in [-0.15, -0.1) is 0 Å². The molecule has 246 valence electrons. The molecule has 0 saturated carbocycles. The number of halogens is 2. The van der Waals surface area contributed by atoms with Gasteiger partial charge in [0.15, 0.2) is 0 Å². The number of anilines is 1. The number of carbonyl (C=O) groups excluding carboxylic acids is 2. The van der Waals surface area contributed by atoms with Gasteiger partial charge in [-0.05, 0) is 56.0 Å². The van der Waals surface area contributed by atoms with E-state index in [1.54, 1.807) is 41.2 Å². The zero-order valence-corrected chi connectivity index (χ0v) is 28.0. The largest absolute Gasteiger partial charge is 0.497 e. The van der Waals surface area contributed by atoms with Crippen LogP contribution in [0.5, 0.6) is 5.75 Å². The first-order chi connectivity index (χ1) is 21.8. The lowest BCUT2D eigenvalue weighted by Gasteiger charge is -2.38. The Morgan fingerprint density at radius 3 is 2.46 bits per heavy atom. The van der Waals surface area contributed by atoms with Gasteiger partial charge in [0.25, 0.3) is 5.56 Å². The van der Waals surface area contributed by atoms with Gasteiger partial charge in [0, 0.05) is 49.4 Å². The number of urea groups is 1. The van der Waals surface area contributed by atoms with Gasteiger partial charge < -0.3 is 19.9 Å². The summed E-state index contributed by atoms with van der Waals surface area (Å²) in [5, 5.41) is 3.26. The number of likely N-dealkylation sites (tertiary alicyclic amines) is 1. The van der Waals surface area contributed by atoms with Crippen LogP contribution >= 0.6 is 23.2 Å². The molecule has 0 radical (unpaired) electrons. The van der Waals surface area contributed by atoms with E-state index < -0.39 is 32.9 Å². The molecule has 0 unspecified atom stereocenters. The van der Waals surface area contributed by atoms with Crippen LogP contribution in [0.25, 0.3) is 11.1 Å². The first-order valence-electron chi connectivity index (χ1n) is 14.8. The third kappa shape index (κ3) is 7.11. The standard InChI is InChI=1S/C31H35Cl2N5O7S/c1-19(18-46(3,43)44)38-29(40)24(23-5-4-6-25(32)28(23)33)16-36(31(38)42)17-27(39)35-12-10-21(11-13-35)37-14-9-20-15-22(45-2)7-8-26(20)34-30(37)41/h4-8,15-16,19,21H,9-14,17-18H2,1-3H3,(H,34,41)/t19-/m0/s1. The van der Waals surface area contributed by atoms with Crippen molar-refractivity contribution in [2.75, 3.05) is 44.1 Å². The third-order valence-electron chi connectivity index (χ3n) is 8.41. The fraction of sp³-hybridized carbons (Fsp3) is 0.419. The number of aromatic nitrogens is 2. The zero-order valence-electron chi connectivity index (χ0n) is 25.7. The molecule has 3 heterocycles. The van der Waals surface area contributed by atoms with Crippen LogP contribution in [-0.2, 0) is 27.6 Å².